The van der Waals surface area contributed by atoms with Crippen molar-refractivity contribution in [2.24, 2.45) is 0 Å². The molecule has 0 spiro atoms. The first-order chi connectivity index (χ1) is 9.70. The van der Waals surface area contributed by atoms with Gasteiger partial charge in [0, 0.05) is 5.56 Å². The molecule has 0 heterocycles. The zero-order valence-electron chi connectivity index (χ0n) is 12.1. The van der Waals surface area contributed by atoms with Gasteiger partial charge in [-0.2, -0.15) is 0 Å². The van der Waals surface area contributed by atoms with Crippen LogP contribution in [0.25, 0.3) is 0 Å². The van der Waals surface area contributed by atoms with Crippen LogP contribution < -0.4 is 0 Å². The highest BCUT2D eigenvalue weighted by atomic mass is 35.5. The van der Waals surface area contributed by atoms with Gasteiger partial charge in [-0.25, -0.2) is 8.78 Å². The van der Waals surface area contributed by atoms with Crippen LogP contribution in [0.4, 0.5) is 8.78 Å². The van der Waals surface area contributed by atoms with E-state index < -0.39 is 17.7 Å². The van der Waals surface area contributed by atoms with Crippen LogP contribution >= 0.6 is 11.6 Å². The molecule has 0 bridgehead atoms. The third-order valence-electron chi connectivity index (χ3n) is 3.43. The van der Waals surface area contributed by atoms with Crippen LogP contribution in [0.15, 0.2) is 36.4 Å². The van der Waals surface area contributed by atoms with Crippen LogP contribution in [0.1, 0.15) is 43.6 Å². The van der Waals surface area contributed by atoms with E-state index in [0.717, 1.165) is 17.7 Å². The average Bonchev–Trinajstić information content (AvgIpc) is 2.41. The summed E-state index contributed by atoms with van der Waals surface area (Å²) in [4.78, 5) is 0. The summed E-state index contributed by atoms with van der Waals surface area (Å²) in [6.45, 7) is 6.23. The maximum atomic E-state index is 13.8. The van der Waals surface area contributed by atoms with Crippen molar-refractivity contribution in [3.63, 3.8) is 0 Å². The number of hydrogen-bond acceptors (Lipinski definition) is 1. The maximum Gasteiger partial charge on any atom is 0.142 e. The Morgan fingerprint density at radius 2 is 1.57 bits per heavy atom. The van der Waals surface area contributed by atoms with Crippen molar-refractivity contribution in [1.29, 1.82) is 0 Å². The van der Waals surface area contributed by atoms with Gasteiger partial charge in [-0.05, 0) is 28.7 Å². The second-order valence-corrected chi connectivity index (χ2v) is 6.47. The Labute approximate surface area is 128 Å². The molecular weight excluding hydrogens is 294 g/mol. The van der Waals surface area contributed by atoms with Gasteiger partial charge < -0.3 is 5.11 Å². The van der Waals surface area contributed by atoms with Crippen LogP contribution in [0.5, 0.6) is 0 Å². The van der Waals surface area contributed by atoms with Crippen molar-refractivity contribution in [2.75, 3.05) is 0 Å². The molecule has 0 saturated carbocycles. The van der Waals surface area contributed by atoms with Crippen molar-refractivity contribution in [3.05, 3.63) is 69.7 Å². The summed E-state index contributed by atoms with van der Waals surface area (Å²) in [5.41, 5.74) is 1.46. The predicted octanol–water partition coefficient (Wildman–Crippen LogP) is 5.00. The number of aliphatic hydroxyl groups is 1. The van der Waals surface area contributed by atoms with Crippen LogP contribution in [0.2, 0.25) is 5.02 Å². The monoisotopic (exact) mass is 310 g/mol. The van der Waals surface area contributed by atoms with E-state index in [1.165, 1.54) is 0 Å². The largest absolute Gasteiger partial charge is 0.384 e. The van der Waals surface area contributed by atoms with Gasteiger partial charge in [-0.3, -0.25) is 0 Å². The topological polar surface area (TPSA) is 20.2 Å². The Balaban J connectivity index is 2.36. The minimum atomic E-state index is -1.23. The Bertz CT molecular complexity index is 645. The van der Waals surface area contributed by atoms with Crippen LogP contribution in [-0.4, -0.2) is 5.11 Å². The molecular formula is C17H17ClF2O. The van der Waals surface area contributed by atoms with Crippen molar-refractivity contribution >= 4 is 11.6 Å². The van der Waals surface area contributed by atoms with Crippen molar-refractivity contribution in [2.45, 2.75) is 32.3 Å². The molecule has 1 nitrogen and oxygen atoms in total. The normalized spacial score (nSPS) is 13.3. The number of hydrogen-bond donors (Lipinski definition) is 1. The lowest BCUT2D eigenvalue weighted by atomic mass is 9.86. The molecule has 2 rings (SSSR count). The highest BCUT2D eigenvalue weighted by Gasteiger charge is 2.19. The SMILES string of the molecule is CC(C)(C)c1ccc(C(O)c2cc(F)c(Cl)cc2F)cc1. The van der Waals surface area contributed by atoms with Gasteiger partial charge in [0.15, 0.2) is 0 Å². The van der Waals surface area contributed by atoms with E-state index in [4.69, 9.17) is 11.6 Å². The molecule has 1 unspecified atom stereocenters. The van der Waals surface area contributed by atoms with E-state index in [1.807, 2.05) is 12.1 Å². The lowest BCUT2D eigenvalue weighted by Gasteiger charge is -2.20. The first kappa shape index (κ1) is 15.9. The van der Waals surface area contributed by atoms with Gasteiger partial charge in [0.25, 0.3) is 0 Å². The summed E-state index contributed by atoms with van der Waals surface area (Å²) in [5, 5.41) is 9.93. The molecule has 0 aliphatic carbocycles. The van der Waals surface area contributed by atoms with E-state index in [1.54, 1.807) is 12.1 Å². The first-order valence-corrected chi connectivity index (χ1v) is 7.01. The molecule has 0 radical (unpaired) electrons. The second-order valence-electron chi connectivity index (χ2n) is 6.06. The van der Waals surface area contributed by atoms with E-state index in [9.17, 15) is 13.9 Å². The zero-order chi connectivity index (χ0) is 15.8. The molecule has 21 heavy (non-hydrogen) atoms. The standard InChI is InChI=1S/C17H17ClF2O/c1-17(2,3)11-6-4-10(5-7-11)16(21)12-8-15(20)13(18)9-14(12)19/h4-9,16,21H,1-3H3. The van der Waals surface area contributed by atoms with Crippen LogP contribution in [-0.2, 0) is 5.41 Å². The molecule has 1 atom stereocenters. The highest BCUT2D eigenvalue weighted by Crippen LogP contribution is 2.30. The average molecular weight is 311 g/mol. The zero-order valence-corrected chi connectivity index (χ0v) is 12.9. The lowest BCUT2D eigenvalue weighted by molar-refractivity contribution is 0.214. The summed E-state index contributed by atoms with van der Waals surface area (Å²) in [6.07, 6.45) is -1.23. The quantitative estimate of drug-likeness (QED) is 0.774. The first-order valence-electron chi connectivity index (χ1n) is 6.63. The number of rotatable bonds is 2. The fraction of sp³-hybridized carbons (Fsp3) is 0.294. The molecule has 1 N–H and O–H groups in total. The summed E-state index contributed by atoms with van der Waals surface area (Å²) >= 11 is 5.51. The Morgan fingerprint density at radius 1 is 1.00 bits per heavy atom. The molecule has 0 fully saturated rings. The van der Waals surface area contributed by atoms with E-state index in [-0.39, 0.29) is 16.0 Å². The summed E-state index contributed by atoms with van der Waals surface area (Å²) < 4.78 is 27.3. The summed E-state index contributed by atoms with van der Waals surface area (Å²) in [7, 11) is 0. The highest BCUT2D eigenvalue weighted by molar-refractivity contribution is 6.30. The third kappa shape index (κ3) is 3.42. The van der Waals surface area contributed by atoms with Gasteiger partial charge in [0.2, 0.25) is 0 Å². The Hall–Kier alpha value is -1.45. The molecule has 0 amide bonds. The van der Waals surface area contributed by atoms with Crippen molar-refractivity contribution < 1.29 is 13.9 Å². The number of halogens is 3. The van der Waals surface area contributed by atoms with Crippen LogP contribution in [0, 0.1) is 11.6 Å². The van der Waals surface area contributed by atoms with Crippen LogP contribution in [0.3, 0.4) is 0 Å². The summed E-state index contributed by atoms with van der Waals surface area (Å²) in [5.74, 6) is -1.48. The number of benzene rings is 2. The molecule has 0 aliphatic rings. The summed E-state index contributed by atoms with van der Waals surface area (Å²) in [6, 6.07) is 9.00. The molecule has 0 aliphatic heterocycles. The molecule has 4 heteroatoms. The van der Waals surface area contributed by atoms with E-state index in [2.05, 4.69) is 20.8 Å². The van der Waals surface area contributed by atoms with Gasteiger partial charge in [0.1, 0.15) is 17.7 Å². The smallest absolute Gasteiger partial charge is 0.142 e. The fourth-order valence-electron chi connectivity index (χ4n) is 2.09. The lowest BCUT2D eigenvalue weighted by Crippen LogP contribution is -2.11. The van der Waals surface area contributed by atoms with Gasteiger partial charge in [-0.15, -0.1) is 0 Å². The second kappa shape index (κ2) is 5.74. The van der Waals surface area contributed by atoms with Gasteiger partial charge in [-0.1, -0.05) is 56.6 Å². The number of aliphatic hydroxyl groups excluding tert-OH is 1. The van der Waals surface area contributed by atoms with Crippen molar-refractivity contribution in [3.8, 4) is 0 Å². The molecule has 0 aromatic heterocycles. The predicted molar refractivity (Wildman–Crippen MR) is 80.6 cm³/mol. The van der Waals surface area contributed by atoms with E-state index in [0.29, 0.717) is 5.56 Å². The fourth-order valence-corrected chi connectivity index (χ4v) is 2.24. The minimum Gasteiger partial charge on any atom is -0.384 e. The van der Waals surface area contributed by atoms with E-state index >= 15 is 0 Å². The maximum absolute atomic E-state index is 13.8. The minimum absolute atomic E-state index is 0.0128. The third-order valence-corrected chi connectivity index (χ3v) is 3.72. The molecule has 0 saturated heterocycles. The van der Waals surface area contributed by atoms with Gasteiger partial charge >= 0.3 is 0 Å². The Kier molecular flexibility index (Phi) is 4.35. The molecule has 2 aromatic carbocycles. The molecule has 2 aromatic rings. The van der Waals surface area contributed by atoms with Crippen molar-refractivity contribution in [1.82, 2.24) is 0 Å². The van der Waals surface area contributed by atoms with Gasteiger partial charge in [0.05, 0.1) is 5.02 Å². The molecule has 112 valence electrons. The Morgan fingerprint density at radius 3 is 2.10 bits per heavy atom.